The number of nitrogen functional groups attached to an aromatic ring is 1. The molecule has 0 saturated carbocycles. The lowest BCUT2D eigenvalue weighted by atomic mass is 10.0. The maximum atomic E-state index is 13.1. The molecule has 21 heavy (non-hydrogen) atoms. The Hall–Kier alpha value is -2.73. The maximum Gasteiger partial charge on any atom is 0.123 e. The van der Waals surface area contributed by atoms with Gasteiger partial charge in [-0.15, -0.1) is 6.42 Å². The fourth-order valence-electron chi connectivity index (χ4n) is 2.15. The Kier molecular flexibility index (Phi) is 4.30. The molecular weight excluding hydrogens is 263 g/mol. The van der Waals surface area contributed by atoms with Crippen molar-refractivity contribution in [1.82, 2.24) is 0 Å². The van der Waals surface area contributed by atoms with Crippen LogP contribution in [0, 0.1) is 25.1 Å². The molecule has 0 unspecified atom stereocenters. The molecular formula is C18H17FN2. The molecule has 3 heteroatoms. The van der Waals surface area contributed by atoms with Crippen LogP contribution in [0.25, 0.3) is 5.70 Å². The summed E-state index contributed by atoms with van der Waals surface area (Å²) in [6, 6.07) is 11.8. The molecule has 0 aliphatic rings. The summed E-state index contributed by atoms with van der Waals surface area (Å²) in [5.41, 5.74) is 10.0. The fraction of sp³-hybridized carbons (Fsp3) is 0.111. The first-order valence-corrected chi connectivity index (χ1v) is 6.55. The zero-order chi connectivity index (χ0) is 15.4. The number of benzene rings is 2. The first kappa shape index (κ1) is 14.7. The highest BCUT2D eigenvalue weighted by atomic mass is 19.1. The monoisotopic (exact) mass is 280 g/mol. The number of halogens is 1. The normalized spacial score (nSPS) is 9.95. The fourth-order valence-corrected chi connectivity index (χ4v) is 2.15. The number of hydrogen-bond donors (Lipinski definition) is 1. The molecule has 106 valence electrons. The Bertz CT molecular complexity index is 696. The van der Waals surface area contributed by atoms with Gasteiger partial charge in [-0.05, 0) is 48.9 Å². The first-order chi connectivity index (χ1) is 10.0. The van der Waals surface area contributed by atoms with E-state index in [2.05, 4.69) is 12.5 Å². The van der Waals surface area contributed by atoms with E-state index < -0.39 is 0 Å². The van der Waals surface area contributed by atoms with Crippen molar-refractivity contribution >= 4 is 17.1 Å². The van der Waals surface area contributed by atoms with Gasteiger partial charge in [0.2, 0.25) is 0 Å². The summed E-state index contributed by atoms with van der Waals surface area (Å²) in [5, 5.41) is 0. The van der Waals surface area contributed by atoms with Crippen molar-refractivity contribution in [3.8, 4) is 12.3 Å². The van der Waals surface area contributed by atoms with Gasteiger partial charge in [0.15, 0.2) is 0 Å². The van der Waals surface area contributed by atoms with E-state index in [0.717, 1.165) is 22.5 Å². The van der Waals surface area contributed by atoms with Crippen LogP contribution in [0.5, 0.6) is 0 Å². The quantitative estimate of drug-likeness (QED) is 0.681. The van der Waals surface area contributed by atoms with E-state index in [1.54, 1.807) is 12.1 Å². The van der Waals surface area contributed by atoms with E-state index >= 15 is 0 Å². The zero-order valence-electron chi connectivity index (χ0n) is 11.9. The molecule has 0 aliphatic carbocycles. The molecule has 0 spiro atoms. The Labute approximate surface area is 124 Å². The van der Waals surface area contributed by atoms with Crippen LogP contribution in [0.4, 0.5) is 15.8 Å². The van der Waals surface area contributed by atoms with Crippen molar-refractivity contribution in [2.24, 2.45) is 0 Å². The minimum atomic E-state index is -0.287. The summed E-state index contributed by atoms with van der Waals surface area (Å²) in [6.45, 7) is 6.46. The molecule has 0 radical (unpaired) electrons. The van der Waals surface area contributed by atoms with Crippen LogP contribution >= 0.6 is 0 Å². The van der Waals surface area contributed by atoms with Crippen molar-refractivity contribution in [3.63, 3.8) is 0 Å². The standard InChI is InChI=1S/C18H17FN2/c1-4-11-21(17-9-6-15(19)7-10-17)14(3)18-12-16(20)8-5-13(18)2/h1,5-10,12H,3,11,20H2,2H3. The number of terminal acetylenes is 1. The summed E-state index contributed by atoms with van der Waals surface area (Å²) in [5.74, 6) is 2.32. The Balaban J connectivity index is 2.42. The average molecular weight is 280 g/mol. The van der Waals surface area contributed by atoms with Gasteiger partial charge in [0, 0.05) is 22.6 Å². The summed E-state index contributed by atoms with van der Waals surface area (Å²) in [4.78, 5) is 1.86. The van der Waals surface area contributed by atoms with Crippen molar-refractivity contribution < 1.29 is 4.39 Å². The van der Waals surface area contributed by atoms with Crippen LogP contribution in [0.3, 0.4) is 0 Å². The number of anilines is 2. The second kappa shape index (κ2) is 6.15. The van der Waals surface area contributed by atoms with Crippen LogP contribution in [0.1, 0.15) is 11.1 Å². The number of hydrogen-bond acceptors (Lipinski definition) is 2. The highest BCUT2D eigenvalue weighted by molar-refractivity contribution is 5.81. The minimum Gasteiger partial charge on any atom is -0.399 e. The second-order valence-corrected chi connectivity index (χ2v) is 4.79. The lowest BCUT2D eigenvalue weighted by Crippen LogP contribution is -2.21. The molecule has 2 nitrogen and oxygen atoms in total. The number of rotatable bonds is 4. The van der Waals surface area contributed by atoms with Gasteiger partial charge in [0.05, 0.1) is 6.54 Å². The van der Waals surface area contributed by atoms with Gasteiger partial charge >= 0.3 is 0 Å². The average Bonchev–Trinajstić information content (AvgIpc) is 2.48. The van der Waals surface area contributed by atoms with Gasteiger partial charge in [-0.3, -0.25) is 0 Å². The van der Waals surface area contributed by atoms with Gasteiger partial charge in [-0.1, -0.05) is 18.6 Å². The van der Waals surface area contributed by atoms with Crippen molar-refractivity contribution in [1.29, 1.82) is 0 Å². The van der Waals surface area contributed by atoms with Crippen molar-refractivity contribution in [3.05, 3.63) is 66.0 Å². The van der Waals surface area contributed by atoms with Crippen molar-refractivity contribution in [2.45, 2.75) is 6.92 Å². The Morgan fingerprint density at radius 1 is 1.29 bits per heavy atom. The molecule has 0 aliphatic heterocycles. The first-order valence-electron chi connectivity index (χ1n) is 6.55. The number of nitrogens with zero attached hydrogens (tertiary/aromatic N) is 1. The third-order valence-corrected chi connectivity index (χ3v) is 3.29. The van der Waals surface area contributed by atoms with E-state index in [1.165, 1.54) is 12.1 Å². The molecule has 0 aromatic heterocycles. The highest BCUT2D eigenvalue weighted by Gasteiger charge is 2.13. The Morgan fingerprint density at radius 3 is 2.57 bits per heavy atom. The molecule has 0 heterocycles. The molecule has 0 fully saturated rings. The number of nitrogens with two attached hydrogens (primary N) is 1. The molecule has 2 aromatic rings. The summed E-state index contributed by atoms with van der Waals surface area (Å²) in [6.07, 6.45) is 5.45. The minimum absolute atomic E-state index is 0.287. The SMILES string of the molecule is C#CCN(C(=C)c1cc(N)ccc1C)c1ccc(F)cc1. The molecule has 0 amide bonds. The van der Waals surface area contributed by atoms with Crippen LogP contribution in [-0.4, -0.2) is 6.54 Å². The predicted octanol–water partition coefficient (Wildman–Crippen LogP) is 3.83. The van der Waals surface area contributed by atoms with Gasteiger partial charge in [0.25, 0.3) is 0 Å². The van der Waals surface area contributed by atoms with Crippen LogP contribution in [-0.2, 0) is 0 Å². The van der Waals surface area contributed by atoms with E-state index in [1.807, 2.05) is 30.0 Å². The predicted molar refractivity (Wildman–Crippen MR) is 87.2 cm³/mol. The lowest BCUT2D eigenvalue weighted by molar-refractivity contribution is 0.628. The van der Waals surface area contributed by atoms with E-state index in [0.29, 0.717) is 12.2 Å². The molecule has 0 saturated heterocycles. The summed E-state index contributed by atoms with van der Waals surface area (Å²) in [7, 11) is 0. The third kappa shape index (κ3) is 3.24. The smallest absolute Gasteiger partial charge is 0.123 e. The third-order valence-electron chi connectivity index (χ3n) is 3.29. The summed E-state index contributed by atoms with van der Waals surface area (Å²) >= 11 is 0. The summed E-state index contributed by atoms with van der Waals surface area (Å²) < 4.78 is 13.1. The van der Waals surface area contributed by atoms with Gasteiger partial charge in [0.1, 0.15) is 5.82 Å². The van der Waals surface area contributed by atoms with Crippen LogP contribution in [0.15, 0.2) is 49.0 Å². The topological polar surface area (TPSA) is 29.3 Å². The zero-order valence-corrected chi connectivity index (χ0v) is 11.9. The molecule has 2 N–H and O–H groups in total. The molecule has 0 atom stereocenters. The van der Waals surface area contributed by atoms with E-state index in [-0.39, 0.29) is 5.82 Å². The largest absolute Gasteiger partial charge is 0.399 e. The Morgan fingerprint density at radius 2 is 1.95 bits per heavy atom. The lowest BCUT2D eigenvalue weighted by Gasteiger charge is -2.26. The van der Waals surface area contributed by atoms with Crippen LogP contribution < -0.4 is 10.6 Å². The molecule has 2 rings (SSSR count). The molecule has 2 aromatic carbocycles. The van der Waals surface area contributed by atoms with E-state index in [9.17, 15) is 4.39 Å². The molecule has 0 bridgehead atoms. The maximum absolute atomic E-state index is 13.1. The van der Waals surface area contributed by atoms with Gasteiger partial charge < -0.3 is 10.6 Å². The van der Waals surface area contributed by atoms with Crippen molar-refractivity contribution in [2.75, 3.05) is 17.2 Å². The second-order valence-electron chi connectivity index (χ2n) is 4.79. The van der Waals surface area contributed by atoms with E-state index in [4.69, 9.17) is 12.2 Å². The highest BCUT2D eigenvalue weighted by Crippen LogP contribution is 2.28. The van der Waals surface area contributed by atoms with Gasteiger partial charge in [-0.2, -0.15) is 0 Å². The van der Waals surface area contributed by atoms with Crippen LogP contribution in [0.2, 0.25) is 0 Å². The number of aryl methyl sites for hydroxylation is 1. The van der Waals surface area contributed by atoms with Gasteiger partial charge in [-0.25, -0.2) is 4.39 Å².